The largest absolute Gasteiger partial charge is 0.457 e. The minimum absolute atomic E-state index is 0.124. The predicted octanol–water partition coefficient (Wildman–Crippen LogP) is 6.79. The summed E-state index contributed by atoms with van der Waals surface area (Å²) in [5, 5.41) is 14.9. The van der Waals surface area contributed by atoms with Crippen LogP contribution in [0.3, 0.4) is 0 Å². The Morgan fingerprint density at radius 2 is 1.84 bits per heavy atom. The van der Waals surface area contributed by atoms with Crippen molar-refractivity contribution in [2.75, 3.05) is 13.1 Å². The van der Waals surface area contributed by atoms with Crippen LogP contribution < -0.4 is 4.74 Å². The summed E-state index contributed by atoms with van der Waals surface area (Å²) in [5.74, 6) is 1.47. The molecule has 1 aromatic heterocycles. The number of carbonyl (C=O) groups excluding carboxylic acids is 1. The van der Waals surface area contributed by atoms with Crippen molar-refractivity contribution < 1.29 is 14.3 Å². The molecule has 8 nitrogen and oxygen atoms in total. The topological polar surface area (TPSA) is 92.7 Å². The zero-order valence-corrected chi connectivity index (χ0v) is 22.3. The van der Waals surface area contributed by atoms with Gasteiger partial charge in [0.25, 0.3) is 0 Å². The van der Waals surface area contributed by atoms with Crippen LogP contribution in [0.1, 0.15) is 50.9 Å². The van der Waals surface area contributed by atoms with E-state index in [9.17, 15) is 10.1 Å². The summed E-state index contributed by atoms with van der Waals surface area (Å²) < 4.78 is 13.4. The van der Waals surface area contributed by atoms with Crippen LogP contribution in [0.4, 0.5) is 4.79 Å². The highest BCUT2D eigenvalue weighted by atomic mass is 16.6. The second-order valence-corrected chi connectivity index (χ2v) is 10.3. The van der Waals surface area contributed by atoms with Crippen LogP contribution in [0, 0.1) is 18.3 Å². The van der Waals surface area contributed by atoms with Crippen LogP contribution >= 0.6 is 0 Å². The molecule has 0 radical (unpaired) electrons. The molecular formula is C30H33N5O3. The van der Waals surface area contributed by atoms with Crippen LogP contribution in [0.15, 0.2) is 65.8 Å². The van der Waals surface area contributed by atoms with E-state index in [1.807, 2.05) is 87.0 Å². The van der Waals surface area contributed by atoms with E-state index >= 15 is 0 Å². The minimum atomic E-state index is -0.576. The maximum Gasteiger partial charge on any atom is 0.410 e. The maximum atomic E-state index is 12.8. The first-order chi connectivity index (χ1) is 18.2. The van der Waals surface area contributed by atoms with Gasteiger partial charge in [0.05, 0.1) is 23.0 Å². The summed E-state index contributed by atoms with van der Waals surface area (Å²) in [6.45, 7) is 12.1. The molecule has 38 heavy (non-hydrogen) atoms. The molecular weight excluding hydrogens is 478 g/mol. The third-order valence-electron chi connectivity index (χ3n) is 6.24. The average Bonchev–Trinajstić information content (AvgIpc) is 3.24. The van der Waals surface area contributed by atoms with Gasteiger partial charge in [-0.2, -0.15) is 10.4 Å². The fourth-order valence-electron chi connectivity index (χ4n) is 4.57. The van der Waals surface area contributed by atoms with E-state index in [2.05, 4.69) is 17.8 Å². The number of allylic oxidation sites excluding steroid dienone is 1. The number of carbonyl (C=O) groups is 1. The molecule has 0 saturated carbocycles. The Morgan fingerprint density at radius 1 is 1.16 bits per heavy atom. The Balaban J connectivity index is 1.68. The Labute approximate surface area is 223 Å². The first kappa shape index (κ1) is 26.7. The zero-order chi connectivity index (χ0) is 27.3. The van der Waals surface area contributed by atoms with Gasteiger partial charge in [-0.05, 0) is 83.7 Å². The van der Waals surface area contributed by atoms with Gasteiger partial charge in [0.2, 0.25) is 0 Å². The third kappa shape index (κ3) is 6.12. The number of amides is 1. The van der Waals surface area contributed by atoms with Gasteiger partial charge in [-0.3, -0.25) is 9.67 Å². The third-order valence-corrected chi connectivity index (χ3v) is 6.24. The predicted molar refractivity (Wildman–Crippen MR) is 148 cm³/mol. The zero-order valence-electron chi connectivity index (χ0n) is 22.3. The maximum absolute atomic E-state index is 12.8. The van der Waals surface area contributed by atoms with E-state index in [0.29, 0.717) is 30.1 Å². The minimum Gasteiger partial charge on any atom is -0.457 e. The monoisotopic (exact) mass is 511 g/mol. The molecule has 2 aromatic carbocycles. The number of nitriles is 1. The number of nitrogens with zero attached hydrogens (tertiary/aromatic N) is 5. The van der Waals surface area contributed by atoms with Crippen molar-refractivity contribution in [1.82, 2.24) is 14.7 Å². The highest BCUT2D eigenvalue weighted by molar-refractivity contribution is 5.81. The molecule has 1 aliphatic rings. The van der Waals surface area contributed by atoms with Crippen molar-refractivity contribution >= 4 is 18.4 Å². The summed E-state index contributed by atoms with van der Waals surface area (Å²) in [5.41, 5.74) is 2.98. The van der Waals surface area contributed by atoms with Gasteiger partial charge in [0.1, 0.15) is 23.2 Å². The Kier molecular flexibility index (Phi) is 7.96. The summed E-state index contributed by atoms with van der Waals surface area (Å²) in [6, 6.07) is 19.4. The van der Waals surface area contributed by atoms with E-state index in [1.54, 1.807) is 4.90 Å². The summed E-state index contributed by atoms with van der Waals surface area (Å²) in [6.07, 6.45) is 2.73. The lowest BCUT2D eigenvalue weighted by Crippen LogP contribution is -2.43. The Hall–Kier alpha value is -4.38. The van der Waals surface area contributed by atoms with Crippen LogP contribution in [-0.2, 0) is 4.74 Å². The van der Waals surface area contributed by atoms with Crippen LogP contribution in [-0.4, -0.2) is 46.2 Å². The first-order valence-corrected chi connectivity index (χ1v) is 12.7. The normalized spacial score (nSPS) is 16.0. The highest BCUT2D eigenvalue weighted by Gasteiger charge is 2.31. The van der Waals surface area contributed by atoms with Gasteiger partial charge in [0.15, 0.2) is 0 Å². The number of aliphatic imine (C=N–C) groups is 1. The van der Waals surface area contributed by atoms with Gasteiger partial charge >= 0.3 is 6.09 Å². The molecule has 3 aromatic rings. The summed E-state index contributed by atoms with van der Waals surface area (Å²) in [4.78, 5) is 18.4. The SMILES string of the molecule is C=N/C=C(/C#N)c1c(C)c(-c2ccc(Oc3ccccc3)cc2)nn1[C@@H]1CCCN(C(=O)OC(C)(C)C)C1. The molecule has 0 spiro atoms. The van der Waals surface area contributed by atoms with Crippen LogP contribution in [0.2, 0.25) is 0 Å². The van der Waals surface area contributed by atoms with E-state index < -0.39 is 5.60 Å². The molecule has 196 valence electrons. The number of aromatic nitrogens is 2. The first-order valence-electron chi connectivity index (χ1n) is 12.7. The van der Waals surface area contributed by atoms with Crippen molar-refractivity contribution in [3.05, 3.63) is 72.1 Å². The lowest BCUT2D eigenvalue weighted by Gasteiger charge is -2.34. The number of piperidine rings is 1. The number of rotatable bonds is 6. The highest BCUT2D eigenvalue weighted by Crippen LogP contribution is 2.35. The van der Waals surface area contributed by atoms with Crippen molar-refractivity contribution in [1.29, 1.82) is 5.26 Å². The van der Waals surface area contributed by atoms with Crippen molar-refractivity contribution in [3.63, 3.8) is 0 Å². The quantitative estimate of drug-likeness (QED) is 0.268. The van der Waals surface area contributed by atoms with E-state index in [1.165, 1.54) is 6.20 Å². The fraction of sp³-hybridized carbons (Fsp3) is 0.333. The molecule has 0 aliphatic carbocycles. The lowest BCUT2D eigenvalue weighted by molar-refractivity contribution is 0.0167. The van der Waals surface area contributed by atoms with E-state index in [4.69, 9.17) is 14.6 Å². The molecule has 1 amide bonds. The molecule has 2 heterocycles. The standard InChI is InChI=1S/C30H33N5O3/c1-21-27(22-13-15-26(16-14-22)37-25-11-7-6-8-12-25)33-35(28(21)23(18-31)19-32-5)24-10-9-17-34(20-24)29(36)38-30(2,3)4/h6-8,11-16,19,24H,5,9-10,17,20H2,1-4H3/b23-19-/t24-/m1/s1. The average molecular weight is 512 g/mol. The number of hydrogen-bond donors (Lipinski definition) is 0. The molecule has 1 aliphatic heterocycles. The molecule has 1 fully saturated rings. The molecule has 0 N–H and O–H groups in total. The van der Waals surface area contributed by atoms with Crippen LogP contribution in [0.25, 0.3) is 16.8 Å². The molecule has 8 heteroatoms. The van der Waals surface area contributed by atoms with Gasteiger partial charge < -0.3 is 14.4 Å². The van der Waals surface area contributed by atoms with Gasteiger partial charge in [0, 0.05) is 30.4 Å². The molecule has 0 bridgehead atoms. The van der Waals surface area contributed by atoms with Crippen molar-refractivity contribution in [2.45, 2.75) is 52.2 Å². The van der Waals surface area contributed by atoms with Crippen LogP contribution in [0.5, 0.6) is 11.5 Å². The van der Waals surface area contributed by atoms with Gasteiger partial charge in [-0.15, -0.1) is 0 Å². The summed E-state index contributed by atoms with van der Waals surface area (Å²) in [7, 11) is 0. The number of para-hydroxylation sites is 1. The van der Waals surface area contributed by atoms with Crippen molar-refractivity contribution in [2.24, 2.45) is 4.99 Å². The van der Waals surface area contributed by atoms with Gasteiger partial charge in [-0.25, -0.2) is 4.79 Å². The molecule has 1 atom stereocenters. The van der Waals surface area contributed by atoms with Crippen molar-refractivity contribution in [3.8, 4) is 28.8 Å². The van der Waals surface area contributed by atoms with E-state index in [-0.39, 0.29) is 12.1 Å². The number of ether oxygens (including phenoxy) is 2. The molecule has 4 rings (SSSR count). The second-order valence-electron chi connectivity index (χ2n) is 10.3. The molecule has 1 saturated heterocycles. The summed E-state index contributed by atoms with van der Waals surface area (Å²) >= 11 is 0. The Morgan fingerprint density at radius 3 is 2.47 bits per heavy atom. The second kappa shape index (κ2) is 11.3. The number of likely N-dealkylation sites (tertiary alicyclic amines) is 1. The van der Waals surface area contributed by atoms with E-state index in [0.717, 1.165) is 35.4 Å². The lowest BCUT2D eigenvalue weighted by atomic mass is 10.0. The number of hydrogen-bond acceptors (Lipinski definition) is 6. The Bertz CT molecular complexity index is 1360. The molecule has 0 unspecified atom stereocenters. The van der Waals surface area contributed by atoms with Gasteiger partial charge in [-0.1, -0.05) is 18.2 Å². The number of benzene rings is 2. The smallest absolute Gasteiger partial charge is 0.410 e. The fourth-order valence-corrected chi connectivity index (χ4v) is 4.57.